The molecular formula is C9H12N2O3S2. The minimum atomic E-state index is -0.864. The molecular weight excluding hydrogens is 248 g/mol. The van der Waals surface area contributed by atoms with Gasteiger partial charge >= 0.3 is 5.97 Å². The van der Waals surface area contributed by atoms with Crippen LogP contribution in [-0.2, 0) is 22.0 Å². The van der Waals surface area contributed by atoms with Crippen LogP contribution < -0.4 is 4.90 Å². The number of hydrogen-bond donors (Lipinski definition) is 1. The van der Waals surface area contributed by atoms with E-state index in [4.69, 9.17) is 5.11 Å². The molecule has 1 aliphatic heterocycles. The molecule has 0 bridgehead atoms. The number of aliphatic carboxylic acids is 1. The van der Waals surface area contributed by atoms with Crippen LogP contribution in [0.25, 0.3) is 0 Å². The molecule has 16 heavy (non-hydrogen) atoms. The Morgan fingerprint density at radius 3 is 2.88 bits per heavy atom. The summed E-state index contributed by atoms with van der Waals surface area (Å²) in [6.07, 6.45) is -0.0315. The van der Waals surface area contributed by atoms with Crippen molar-refractivity contribution in [3.05, 3.63) is 11.1 Å². The van der Waals surface area contributed by atoms with Crippen LogP contribution in [0.3, 0.4) is 0 Å². The summed E-state index contributed by atoms with van der Waals surface area (Å²) in [5, 5.41) is 11.2. The fraction of sp³-hybridized carbons (Fsp3) is 0.556. The third-order valence-electron chi connectivity index (χ3n) is 2.32. The van der Waals surface area contributed by atoms with E-state index >= 15 is 0 Å². The first kappa shape index (κ1) is 11.5. The van der Waals surface area contributed by atoms with Crippen LogP contribution in [0.5, 0.6) is 0 Å². The molecule has 1 fully saturated rings. The average molecular weight is 260 g/mol. The van der Waals surface area contributed by atoms with E-state index in [1.165, 1.54) is 11.3 Å². The van der Waals surface area contributed by atoms with Gasteiger partial charge in [0.25, 0.3) is 0 Å². The number of nitrogens with zero attached hydrogens (tertiary/aromatic N) is 2. The Hall–Kier alpha value is -0.950. The van der Waals surface area contributed by atoms with Crippen LogP contribution in [0.1, 0.15) is 5.69 Å². The second-order valence-corrected chi connectivity index (χ2v) is 6.06. The molecule has 0 saturated carbocycles. The van der Waals surface area contributed by atoms with Crippen molar-refractivity contribution in [2.45, 2.75) is 6.42 Å². The highest BCUT2D eigenvalue weighted by Crippen LogP contribution is 2.21. The maximum Gasteiger partial charge on any atom is 0.309 e. The summed E-state index contributed by atoms with van der Waals surface area (Å²) in [5.74, 6) is 0.485. The maximum atomic E-state index is 11.2. The largest absolute Gasteiger partial charge is 0.481 e. The first-order chi connectivity index (χ1) is 7.65. The molecule has 1 aromatic heterocycles. The van der Waals surface area contributed by atoms with Crippen molar-refractivity contribution in [3.63, 3.8) is 0 Å². The van der Waals surface area contributed by atoms with Gasteiger partial charge < -0.3 is 10.0 Å². The summed E-state index contributed by atoms with van der Waals surface area (Å²) in [4.78, 5) is 16.8. The molecule has 0 radical (unpaired) electrons. The smallest absolute Gasteiger partial charge is 0.309 e. The molecule has 0 aromatic carbocycles. The van der Waals surface area contributed by atoms with E-state index in [1.54, 1.807) is 5.38 Å². The zero-order valence-corrected chi connectivity index (χ0v) is 10.2. The SMILES string of the molecule is O=C(O)Cc1csc(N2CCS(=O)CC2)n1. The van der Waals surface area contributed by atoms with Gasteiger partial charge in [-0.2, -0.15) is 0 Å². The first-order valence-electron chi connectivity index (χ1n) is 4.91. The molecule has 1 saturated heterocycles. The van der Waals surface area contributed by atoms with Crippen molar-refractivity contribution in [1.29, 1.82) is 0 Å². The lowest BCUT2D eigenvalue weighted by molar-refractivity contribution is -0.136. The molecule has 1 aliphatic rings. The van der Waals surface area contributed by atoms with E-state index in [0.29, 0.717) is 17.2 Å². The van der Waals surface area contributed by atoms with Crippen LogP contribution in [0, 0.1) is 0 Å². The number of hydrogen-bond acceptors (Lipinski definition) is 5. The fourth-order valence-corrected chi connectivity index (χ4v) is 3.44. The number of rotatable bonds is 3. The standard InChI is InChI=1S/C9H12N2O3S2/c12-8(13)5-7-6-15-9(10-7)11-1-3-16(14)4-2-11/h6H,1-5H2,(H,12,13). The Morgan fingerprint density at radius 2 is 2.25 bits per heavy atom. The zero-order chi connectivity index (χ0) is 11.5. The number of aromatic nitrogens is 1. The van der Waals surface area contributed by atoms with Crippen molar-refractivity contribution >= 4 is 33.2 Å². The van der Waals surface area contributed by atoms with E-state index in [1.807, 2.05) is 0 Å². The van der Waals surface area contributed by atoms with Gasteiger partial charge in [-0.05, 0) is 0 Å². The lowest BCUT2D eigenvalue weighted by Gasteiger charge is -2.25. The summed E-state index contributed by atoms with van der Waals surface area (Å²) in [6.45, 7) is 1.49. The summed E-state index contributed by atoms with van der Waals surface area (Å²) in [6, 6.07) is 0. The first-order valence-corrected chi connectivity index (χ1v) is 7.28. The molecule has 0 aliphatic carbocycles. The Morgan fingerprint density at radius 1 is 1.56 bits per heavy atom. The third-order valence-corrected chi connectivity index (χ3v) is 4.55. The van der Waals surface area contributed by atoms with E-state index in [-0.39, 0.29) is 6.42 Å². The molecule has 0 atom stereocenters. The van der Waals surface area contributed by atoms with Gasteiger partial charge in [-0.3, -0.25) is 9.00 Å². The van der Waals surface area contributed by atoms with Crippen LogP contribution >= 0.6 is 11.3 Å². The quantitative estimate of drug-likeness (QED) is 0.848. The van der Waals surface area contributed by atoms with Gasteiger partial charge in [0.15, 0.2) is 5.13 Å². The van der Waals surface area contributed by atoms with Crippen LogP contribution in [0.4, 0.5) is 5.13 Å². The lowest BCUT2D eigenvalue weighted by atomic mass is 10.3. The number of carboxylic acid groups (broad SMARTS) is 1. The Balaban J connectivity index is 2.01. The molecule has 2 rings (SSSR count). The van der Waals surface area contributed by atoms with E-state index in [9.17, 15) is 9.00 Å². The van der Waals surface area contributed by atoms with Gasteiger partial charge in [-0.15, -0.1) is 11.3 Å². The highest BCUT2D eigenvalue weighted by Gasteiger charge is 2.18. The summed E-state index contributed by atoms with van der Waals surface area (Å²) in [7, 11) is -0.696. The van der Waals surface area contributed by atoms with Gasteiger partial charge in [-0.1, -0.05) is 0 Å². The number of carboxylic acids is 1. The second-order valence-electron chi connectivity index (χ2n) is 3.53. The lowest BCUT2D eigenvalue weighted by Crippen LogP contribution is -2.37. The van der Waals surface area contributed by atoms with Crippen molar-refractivity contribution in [3.8, 4) is 0 Å². The van der Waals surface area contributed by atoms with Crippen molar-refractivity contribution in [1.82, 2.24) is 4.98 Å². The minimum absolute atomic E-state index is 0.0315. The van der Waals surface area contributed by atoms with Crippen LogP contribution in [0.2, 0.25) is 0 Å². The molecule has 1 N–H and O–H groups in total. The van der Waals surface area contributed by atoms with Crippen molar-refractivity contribution in [2.24, 2.45) is 0 Å². The monoisotopic (exact) mass is 260 g/mol. The summed E-state index contributed by atoms with van der Waals surface area (Å²) in [5.41, 5.74) is 0.596. The number of carbonyl (C=O) groups is 1. The molecule has 1 aromatic rings. The maximum absolute atomic E-state index is 11.2. The summed E-state index contributed by atoms with van der Waals surface area (Å²) < 4.78 is 11.2. The predicted octanol–water partition coefficient (Wildman–Crippen LogP) is 0.339. The van der Waals surface area contributed by atoms with Crippen molar-refractivity contribution < 1.29 is 14.1 Å². The molecule has 88 valence electrons. The fourth-order valence-electron chi connectivity index (χ4n) is 1.51. The highest BCUT2D eigenvalue weighted by molar-refractivity contribution is 7.85. The van der Waals surface area contributed by atoms with Crippen molar-refractivity contribution in [2.75, 3.05) is 29.5 Å². The topological polar surface area (TPSA) is 70.5 Å². The summed E-state index contributed by atoms with van der Waals surface area (Å²) >= 11 is 1.45. The molecule has 5 nitrogen and oxygen atoms in total. The van der Waals surface area contributed by atoms with Gasteiger partial charge in [0.1, 0.15) is 0 Å². The molecule has 0 unspecified atom stereocenters. The Bertz CT molecular complexity index is 409. The third kappa shape index (κ3) is 2.79. The molecule has 7 heteroatoms. The molecule has 2 heterocycles. The number of anilines is 1. The van der Waals surface area contributed by atoms with E-state index in [0.717, 1.165) is 18.2 Å². The van der Waals surface area contributed by atoms with Crippen LogP contribution in [0.15, 0.2) is 5.38 Å². The van der Waals surface area contributed by atoms with Crippen LogP contribution in [-0.4, -0.2) is 44.9 Å². The predicted molar refractivity (Wildman–Crippen MR) is 63.5 cm³/mol. The Labute approximate surface area is 99.6 Å². The molecule has 0 spiro atoms. The van der Waals surface area contributed by atoms with E-state index in [2.05, 4.69) is 9.88 Å². The normalized spacial score (nSPS) is 17.6. The highest BCUT2D eigenvalue weighted by atomic mass is 32.2. The zero-order valence-electron chi connectivity index (χ0n) is 8.59. The van der Waals surface area contributed by atoms with Gasteiger partial charge in [0.2, 0.25) is 0 Å². The van der Waals surface area contributed by atoms with E-state index < -0.39 is 16.8 Å². The second kappa shape index (κ2) is 4.92. The van der Waals surface area contributed by atoms with Gasteiger partial charge in [0, 0.05) is 40.8 Å². The number of thiazole rings is 1. The minimum Gasteiger partial charge on any atom is -0.481 e. The van der Waals surface area contributed by atoms with Gasteiger partial charge in [-0.25, -0.2) is 4.98 Å². The van der Waals surface area contributed by atoms with Gasteiger partial charge in [0.05, 0.1) is 12.1 Å². The Kier molecular flexibility index (Phi) is 3.55. The average Bonchev–Trinajstić information content (AvgIpc) is 2.66. The molecule has 0 amide bonds.